The first-order valence-corrected chi connectivity index (χ1v) is 7.93. The molecule has 0 saturated heterocycles. The summed E-state index contributed by atoms with van der Waals surface area (Å²) in [5.74, 6) is -0.114. The van der Waals surface area contributed by atoms with Crippen LogP contribution in [0.5, 0.6) is 0 Å². The molecule has 1 heterocycles. The van der Waals surface area contributed by atoms with E-state index >= 15 is 0 Å². The number of halogens is 2. The lowest BCUT2D eigenvalue weighted by Gasteiger charge is -2.06. The molecule has 0 bridgehead atoms. The zero-order chi connectivity index (χ0) is 14.1. The molecule has 5 heteroatoms. The van der Waals surface area contributed by atoms with Crippen molar-refractivity contribution in [1.82, 2.24) is 0 Å². The second kappa shape index (κ2) is 5.56. The van der Waals surface area contributed by atoms with Gasteiger partial charge in [0.1, 0.15) is 0 Å². The quantitative estimate of drug-likeness (QED) is 0.631. The van der Waals surface area contributed by atoms with Crippen LogP contribution in [0.15, 0.2) is 52.3 Å². The number of anilines is 1. The molecule has 0 saturated carbocycles. The highest BCUT2D eigenvalue weighted by Crippen LogP contribution is 2.28. The summed E-state index contributed by atoms with van der Waals surface area (Å²) >= 11 is 10.8. The van der Waals surface area contributed by atoms with Gasteiger partial charge in [-0.25, -0.2) is 0 Å². The normalized spacial score (nSPS) is 10.7. The summed E-state index contributed by atoms with van der Waals surface area (Å²) in [5, 5.41) is 6.35. The maximum absolute atomic E-state index is 12.3. The van der Waals surface area contributed by atoms with Crippen molar-refractivity contribution in [1.29, 1.82) is 0 Å². The molecule has 1 aromatic heterocycles. The Balaban J connectivity index is 1.91. The highest BCUT2D eigenvalue weighted by molar-refractivity contribution is 9.10. The van der Waals surface area contributed by atoms with Gasteiger partial charge in [-0.05, 0) is 40.2 Å². The molecule has 2 aromatic carbocycles. The molecule has 0 spiro atoms. The largest absolute Gasteiger partial charge is 0.322 e. The summed E-state index contributed by atoms with van der Waals surface area (Å²) in [6, 6.07) is 13.2. The van der Waals surface area contributed by atoms with Crippen molar-refractivity contribution >= 4 is 60.5 Å². The molecule has 0 aliphatic heterocycles. The van der Waals surface area contributed by atoms with Gasteiger partial charge >= 0.3 is 0 Å². The number of hydrogen-bond acceptors (Lipinski definition) is 2. The Morgan fingerprint density at radius 3 is 2.80 bits per heavy atom. The van der Waals surface area contributed by atoms with Gasteiger partial charge in [-0.2, -0.15) is 0 Å². The van der Waals surface area contributed by atoms with E-state index in [1.807, 2.05) is 29.6 Å². The highest BCUT2D eigenvalue weighted by Gasteiger charge is 2.12. The van der Waals surface area contributed by atoms with Crippen LogP contribution in [0.4, 0.5) is 5.69 Å². The molecule has 1 N–H and O–H groups in total. The second-order valence-corrected chi connectivity index (χ2v) is 6.40. The molecular weight excluding hydrogens is 358 g/mol. The molecule has 0 fully saturated rings. The van der Waals surface area contributed by atoms with Crippen molar-refractivity contribution in [2.75, 3.05) is 5.32 Å². The van der Waals surface area contributed by atoms with Crippen LogP contribution in [-0.2, 0) is 0 Å². The van der Waals surface area contributed by atoms with Crippen LogP contribution in [0, 0.1) is 0 Å². The number of nitrogens with one attached hydrogen (secondary N) is 1. The van der Waals surface area contributed by atoms with Gasteiger partial charge in [0.25, 0.3) is 5.91 Å². The molecule has 20 heavy (non-hydrogen) atoms. The fraction of sp³-hybridized carbons (Fsp3) is 0. The Kier molecular flexibility index (Phi) is 3.78. The first-order chi connectivity index (χ1) is 9.65. The van der Waals surface area contributed by atoms with Crippen molar-refractivity contribution in [3.05, 3.63) is 62.9 Å². The van der Waals surface area contributed by atoms with E-state index in [1.54, 1.807) is 29.5 Å². The van der Waals surface area contributed by atoms with Gasteiger partial charge in [-0.1, -0.05) is 29.8 Å². The Morgan fingerprint density at radius 1 is 1.20 bits per heavy atom. The Labute approximate surface area is 133 Å². The van der Waals surface area contributed by atoms with E-state index in [1.165, 1.54) is 0 Å². The zero-order valence-corrected chi connectivity index (χ0v) is 13.3. The van der Waals surface area contributed by atoms with E-state index in [0.29, 0.717) is 16.3 Å². The molecule has 0 aliphatic rings. The number of thiophene rings is 1. The molecular formula is C15H9BrClNOS. The van der Waals surface area contributed by atoms with Gasteiger partial charge < -0.3 is 5.32 Å². The predicted octanol–water partition coefficient (Wildman–Crippen LogP) is 5.57. The summed E-state index contributed by atoms with van der Waals surface area (Å²) in [7, 11) is 0. The van der Waals surface area contributed by atoms with Crippen LogP contribution < -0.4 is 5.32 Å². The minimum absolute atomic E-state index is 0.114. The summed E-state index contributed by atoms with van der Waals surface area (Å²) in [6.07, 6.45) is 0. The van der Waals surface area contributed by atoms with Crippen molar-refractivity contribution in [2.24, 2.45) is 0 Å². The first-order valence-electron chi connectivity index (χ1n) is 5.88. The van der Waals surface area contributed by atoms with Crippen LogP contribution >= 0.6 is 38.9 Å². The van der Waals surface area contributed by atoms with Gasteiger partial charge in [0.05, 0.1) is 10.6 Å². The van der Waals surface area contributed by atoms with Gasteiger partial charge in [-0.3, -0.25) is 4.79 Å². The van der Waals surface area contributed by atoms with Gasteiger partial charge in [0.2, 0.25) is 0 Å². The van der Waals surface area contributed by atoms with Crippen LogP contribution in [0.3, 0.4) is 0 Å². The van der Waals surface area contributed by atoms with E-state index in [0.717, 1.165) is 14.6 Å². The number of amides is 1. The standard InChI is InChI=1S/C15H9BrClNOS/c16-12-7-9(5-6-13(12)17)18-15(19)11-8-20-14-4-2-1-3-10(11)14/h1-8H,(H,18,19). The van der Waals surface area contributed by atoms with Gasteiger partial charge in [-0.15, -0.1) is 11.3 Å². The SMILES string of the molecule is O=C(Nc1ccc(Cl)c(Br)c1)c1csc2ccccc12. The van der Waals surface area contributed by atoms with E-state index in [2.05, 4.69) is 21.2 Å². The fourth-order valence-corrected chi connectivity index (χ4v) is 3.36. The predicted molar refractivity (Wildman–Crippen MR) is 88.9 cm³/mol. The maximum atomic E-state index is 12.3. The average Bonchev–Trinajstić information content (AvgIpc) is 2.87. The third-order valence-corrected chi connectivity index (χ3v) is 5.08. The lowest BCUT2D eigenvalue weighted by atomic mass is 10.1. The number of hydrogen-bond donors (Lipinski definition) is 1. The van der Waals surface area contributed by atoms with Crippen LogP contribution in [0.1, 0.15) is 10.4 Å². The average molecular weight is 367 g/mol. The molecule has 0 radical (unpaired) electrons. The number of benzene rings is 2. The molecule has 3 rings (SSSR count). The van der Waals surface area contributed by atoms with E-state index < -0.39 is 0 Å². The third kappa shape index (κ3) is 2.59. The molecule has 0 aliphatic carbocycles. The first kappa shape index (κ1) is 13.6. The lowest BCUT2D eigenvalue weighted by molar-refractivity contribution is 0.102. The number of rotatable bonds is 2. The van der Waals surface area contributed by atoms with Crippen molar-refractivity contribution in [3.8, 4) is 0 Å². The number of carbonyl (C=O) groups is 1. The maximum Gasteiger partial charge on any atom is 0.257 e. The zero-order valence-electron chi connectivity index (χ0n) is 10.2. The molecule has 0 unspecified atom stereocenters. The smallest absolute Gasteiger partial charge is 0.257 e. The lowest BCUT2D eigenvalue weighted by Crippen LogP contribution is -2.11. The van der Waals surface area contributed by atoms with E-state index in [4.69, 9.17) is 11.6 Å². The van der Waals surface area contributed by atoms with Crippen molar-refractivity contribution in [2.45, 2.75) is 0 Å². The van der Waals surface area contributed by atoms with E-state index in [-0.39, 0.29) is 5.91 Å². The molecule has 0 atom stereocenters. The Hall–Kier alpha value is -1.36. The highest BCUT2D eigenvalue weighted by atomic mass is 79.9. The summed E-state index contributed by atoms with van der Waals surface area (Å²) in [6.45, 7) is 0. The molecule has 3 aromatic rings. The Morgan fingerprint density at radius 2 is 2.00 bits per heavy atom. The van der Waals surface area contributed by atoms with Crippen LogP contribution in [-0.4, -0.2) is 5.91 Å². The van der Waals surface area contributed by atoms with Gasteiger partial charge in [0, 0.05) is 25.6 Å². The molecule has 1 amide bonds. The molecule has 2 nitrogen and oxygen atoms in total. The Bertz CT molecular complexity index is 799. The van der Waals surface area contributed by atoms with Crippen LogP contribution in [0.25, 0.3) is 10.1 Å². The summed E-state index contributed by atoms with van der Waals surface area (Å²) in [4.78, 5) is 12.3. The number of carbonyl (C=O) groups excluding carboxylic acids is 1. The van der Waals surface area contributed by atoms with Crippen LogP contribution in [0.2, 0.25) is 5.02 Å². The van der Waals surface area contributed by atoms with Gasteiger partial charge in [0.15, 0.2) is 0 Å². The minimum atomic E-state index is -0.114. The molecule has 100 valence electrons. The fourth-order valence-electron chi connectivity index (χ4n) is 1.93. The third-order valence-electron chi connectivity index (χ3n) is 2.90. The summed E-state index contributed by atoms with van der Waals surface area (Å²) in [5.41, 5.74) is 1.40. The topological polar surface area (TPSA) is 29.1 Å². The summed E-state index contributed by atoms with van der Waals surface area (Å²) < 4.78 is 1.86. The monoisotopic (exact) mass is 365 g/mol. The number of fused-ring (bicyclic) bond motifs is 1. The van der Waals surface area contributed by atoms with Crippen molar-refractivity contribution in [3.63, 3.8) is 0 Å². The van der Waals surface area contributed by atoms with Crippen molar-refractivity contribution < 1.29 is 4.79 Å². The van der Waals surface area contributed by atoms with E-state index in [9.17, 15) is 4.79 Å². The minimum Gasteiger partial charge on any atom is -0.322 e. The second-order valence-electron chi connectivity index (χ2n) is 4.23.